The Morgan fingerprint density at radius 1 is 0.0680 bits per heavy atom. The highest BCUT2D eigenvalue weighted by atomic mass is 16.3. The largest absolute Gasteiger partial charge is 0.412 e. The molecule has 103 heavy (non-hydrogen) atoms. The zero-order chi connectivity index (χ0) is 2.71. The van der Waals surface area contributed by atoms with Crippen LogP contribution in [0.4, 0.5) is 0 Å². The molecule has 0 aliphatic heterocycles. The minimum absolute atomic E-state index is 0. The Balaban J connectivity index is -0.00000000000404. The molecular formula is C2H206O101. The van der Waals surface area contributed by atoms with Gasteiger partial charge in [0.1, 0.15) is 0 Å². The van der Waals surface area contributed by atoms with Crippen LogP contribution in [0.1, 0.15) is 6.92 Å². The molecule has 0 aromatic carbocycles. The Bertz CT molecular complexity index is 14.2. The summed E-state index contributed by atoms with van der Waals surface area (Å²) < 4.78 is 0. The average molecular weight is 1850 g/mol. The van der Waals surface area contributed by atoms with Crippen LogP contribution < -0.4 is 0 Å². The van der Waals surface area contributed by atoms with E-state index in [9.17, 15) is 0 Å². The maximum absolute atomic E-state index is 7.57. The van der Waals surface area contributed by atoms with Gasteiger partial charge >= 0.3 is 0 Å². The normalized spacial score (nSPS) is 0.175. The second kappa shape index (κ2) is 99700. The van der Waals surface area contributed by atoms with Crippen LogP contribution in [-0.2, 0) is 0 Å². The van der Waals surface area contributed by atoms with Gasteiger partial charge in [-0.1, -0.05) is 0 Å². The van der Waals surface area contributed by atoms with Gasteiger partial charge in [0, 0.05) is 6.61 Å². The molecule has 0 aliphatic rings. The van der Waals surface area contributed by atoms with Crippen molar-refractivity contribution in [2.75, 3.05) is 6.61 Å². The van der Waals surface area contributed by atoms with Gasteiger partial charge in [-0.3, -0.25) is 0 Å². The number of aliphatic hydroxyl groups is 1. The molecule has 201 N–H and O–H groups in total. The van der Waals surface area contributed by atoms with Gasteiger partial charge in [-0.2, -0.15) is 0 Å². The molecule has 0 amide bonds. The van der Waals surface area contributed by atoms with E-state index < -0.39 is 0 Å². The molecule has 0 aromatic heterocycles. The van der Waals surface area contributed by atoms with Crippen LogP contribution in [0.15, 0.2) is 0 Å². The van der Waals surface area contributed by atoms with Crippen molar-refractivity contribution in [2.45, 2.75) is 6.92 Å². The fourth-order valence-electron chi connectivity index (χ4n) is 0. The molecule has 0 bridgehead atoms. The Kier molecular flexibility index (Phi) is 221000000. The Morgan fingerprint density at radius 3 is 0.0680 bits per heavy atom. The molecule has 0 fully saturated rings. The summed E-state index contributed by atoms with van der Waals surface area (Å²) in [5.74, 6) is 0. The molecule has 0 aromatic rings. The smallest absolute Gasteiger partial charge is 0.0402 e. The Hall–Kier alpha value is -4.04. The van der Waals surface area contributed by atoms with Gasteiger partial charge in [-0.15, -0.1) is 0 Å². The van der Waals surface area contributed by atoms with Gasteiger partial charge in [0.15, 0.2) is 0 Å². The SMILES string of the molecule is CCO.O.O.O.O.O.O.O.O.O.O.O.O.O.O.O.O.O.O.O.O.O.O.O.O.O.O.O.O.O.O.O.O.O.O.O.O.O.O.O.O.O.O.O.O.O.O.O.O.O.O.O.O.O.O.O.O.O.O.O.O.O.O.O.O.O.O.O.O.O.O.O.O.O.O.O.O.O.O.O.O.O.O.O.O.O.O.O.O.O.O.O.O.O.O.O.O.O.O.O.O. The van der Waals surface area contributed by atoms with Crippen LogP contribution >= 0.6 is 0 Å². The highest BCUT2D eigenvalue weighted by Gasteiger charge is 1.34. The van der Waals surface area contributed by atoms with E-state index in [4.69, 9.17) is 5.11 Å². The minimum atomic E-state index is 0. The van der Waals surface area contributed by atoms with Gasteiger partial charge in [-0.25, -0.2) is 0 Å². The maximum atomic E-state index is 7.57. The molecule has 0 spiro atoms. The molecule has 0 aliphatic carbocycles. The van der Waals surface area contributed by atoms with Crippen LogP contribution in [0.2, 0.25) is 0 Å². The van der Waals surface area contributed by atoms with Crippen molar-refractivity contribution >= 4 is 0 Å². The van der Waals surface area contributed by atoms with Crippen LogP contribution in [0.25, 0.3) is 0 Å². The number of aliphatic hydroxyl groups excluding tert-OH is 1. The van der Waals surface area contributed by atoms with E-state index in [2.05, 4.69) is 0 Å². The van der Waals surface area contributed by atoms with Crippen LogP contribution in [0.3, 0.4) is 0 Å². The summed E-state index contributed by atoms with van der Waals surface area (Å²) in [4.78, 5) is 0. The fourth-order valence-corrected chi connectivity index (χ4v) is 0. The van der Waals surface area contributed by atoms with Crippen molar-refractivity contribution in [3.63, 3.8) is 0 Å². The number of hydrogen-bond donors (Lipinski definition) is 1. The lowest BCUT2D eigenvalue weighted by Gasteiger charge is -1.52. The standard InChI is InChI=1S/C2H6O.100H2O/c1-2-3;;;;;;;;;;;;;;;;;;;;;;;;;;;;;;;;;;;;;;;;;;;;;;;;;;;;;;;;;;;;;;;;;;;;;;;;;;;;;;;;;;;;;;;;;;;;;;;;;;;;/h3H,2H2,1H3;100*1H2. The number of hydrogen-bond acceptors (Lipinski definition) is 1. The third-order valence-electron chi connectivity index (χ3n) is 0. The first kappa shape index (κ1) is 228000. The van der Waals surface area contributed by atoms with E-state index in [0.717, 1.165) is 0 Å². The van der Waals surface area contributed by atoms with E-state index in [1.54, 1.807) is 6.92 Å². The summed E-state index contributed by atoms with van der Waals surface area (Å²) in [5.41, 5.74) is 0. The quantitative estimate of drug-likeness (QED) is 0.243. The fraction of sp³-hybridized carbons (Fsp3) is 1.00. The average Bonchev–Trinajstić information content (AvgIpc) is 0.918. The van der Waals surface area contributed by atoms with E-state index in [0.29, 0.717) is 0 Å². The molecule has 0 unspecified atom stereocenters. The van der Waals surface area contributed by atoms with Crippen molar-refractivity contribution in [1.29, 1.82) is 0 Å². The highest BCUT2D eigenvalue weighted by Crippen LogP contribution is 1.30. The first-order valence-corrected chi connectivity index (χ1v) is 1.02. The molecule has 0 saturated carbocycles. The second-order valence-electron chi connectivity index (χ2n) is 0.316. The lowest BCUT2D eigenvalue weighted by atomic mass is 10.9. The van der Waals surface area contributed by atoms with Crippen molar-refractivity contribution in [3.05, 3.63) is 0 Å². The minimum Gasteiger partial charge on any atom is -0.412 e. The molecule has 820 valence electrons. The summed E-state index contributed by atoms with van der Waals surface area (Å²) in [6.07, 6.45) is 0. The second-order valence-corrected chi connectivity index (χ2v) is 0.316. The molecule has 0 rings (SSSR count). The van der Waals surface area contributed by atoms with Gasteiger partial charge in [0.05, 0.1) is 0 Å². The first-order valence-electron chi connectivity index (χ1n) is 1.02. The van der Waals surface area contributed by atoms with Crippen LogP contribution in [0.5, 0.6) is 0 Å². The van der Waals surface area contributed by atoms with Crippen molar-refractivity contribution < 1.29 is 553 Å². The third kappa shape index (κ3) is 55300. The topological polar surface area (TPSA) is 3170 Å². The summed E-state index contributed by atoms with van der Waals surface area (Å²) >= 11 is 0. The van der Waals surface area contributed by atoms with E-state index in [1.807, 2.05) is 0 Å². The molecule has 0 saturated heterocycles. The molecular weight excluding hydrogens is 1640 g/mol. The lowest BCUT2D eigenvalue weighted by molar-refractivity contribution is 0.318. The van der Waals surface area contributed by atoms with Gasteiger partial charge in [0.2, 0.25) is 0 Å². The predicted molar refractivity (Wildman–Crippen MR) is 374 cm³/mol. The molecule has 0 heterocycles. The Morgan fingerprint density at radius 2 is 0.0680 bits per heavy atom. The van der Waals surface area contributed by atoms with Crippen molar-refractivity contribution in [1.82, 2.24) is 0 Å². The summed E-state index contributed by atoms with van der Waals surface area (Å²) in [6.45, 7) is 1.93. The van der Waals surface area contributed by atoms with Crippen LogP contribution in [-0.4, -0.2) is 559 Å². The maximum Gasteiger partial charge on any atom is 0.0402 e. The molecule has 101 heteroatoms. The van der Waals surface area contributed by atoms with E-state index >= 15 is 0 Å². The lowest BCUT2D eigenvalue weighted by Crippen LogP contribution is -1.57. The molecule has 101 nitrogen and oxygen atoms in total. The predicted octanol–water partition coefficient (Wildman–Crippen LogP) is -82.5. The summed E-state index contributed by atoms with van der Waals surface area (Å²) in [5, 5.41) is 7.57. The van der Waals surface area contributed by atoms with Gasteiger partial charge in [0.25, 0.3) is 0 Å². The van der Waals surface area contributed by atoms with Gasteiger partial charge < -0.3 is 553 Å². The molecule has 0 atom stereocenters. The highest BCUT2D eigenvalue weighted by molar-refractivity contribution is 3.84. The third-order valence-corrected chi connectivity index (χ3v) is 0. The molecule has 0 radical (unpaired) electrons. The van der Waals surface area contributed by atoms with E-state index in [1.165, 1.54) is 0 Å². The zero-order valence-electron chi connectivity index (χ0n) is 52.2. The van der Waals surface area contributed by atoms with Crippen LogP contribution in [0, 0.1) is 0 Å². The van der Waals surface area contributed by atoms with Gasteiger partial charge in [-0.05, 0) is 6.92 Å². The Labute approximate surface area is 568 Å². The zero-order valence-corrected chi connectivity index (χ0v) is 52.2. The first-order chi connectivity index (χ1) is 1.41. The van der Waals surface area contributed by atoms with Crippen molar-refractivity contribution in [2.24, 2.45) is 0 Å². The summed E-state index contributed by atoms with van der Waals surface area (Å²) in [6, 6.07) is 0. The number of rotatable bonds is 0. The summed E-state index contributed by atoms with van der Waals surface area (Å²) in [7, 11) is 0. The van der Waals surface area contributed by atoms with Crippen molar-refractivity contribution in [3.8, 4) is 0 Å². The van der Waals surface area contributed by atoms with E-state index in [-0.39, 0.29) is 554 Å². The monoisotopic (exact) mass is 1850 g/mol.